The molecule has 0 spiro atoms. The monoisotopic (exact) mass is 439 g/mol. The Morgan fingerprint density at radius 1 is 1.10 bits per heavy atom. The van der Waals surface area contributed by atoms with E-state index in [-0.39, 0.29) is 5.57 Å². The molecule has 1 N–H and O–H groups in total. The van der Waals surface area contributed by atoms with Gasteiger partial charge in [-0.2, -0.15) is 5.26 Å². The van der Waals surface area contributed by atoms with E-state index < -0.39 is 5.91 Å². The van der Waals surface area contributed by atoms with E-state index in [1.165, 1.54) is 0 Å². The van der Waals surface area contributed by atoms with Crippen LogP contribution in [0.5, 0.6) is 5.75 Å². The standard InChI is InChI=1S/C23H19Cl2N3O2/c1-14-10-16(15(2)28(14)19-6-9-21(24)22(25)12-19)11-17(13-26)23(29)27-18-4-7-20(30-3)8-5-18/h4-12H,1-3H3,(H,27,29). The number of nitrogens with zero attached hydrogens (tertiary/aromatic N) is 2. The van der Waals surface area contributed by atoms with Crippen molar-refractivity contribution in [1.82, 2.24) is 4.57 Å². The zero-order valence-electron chi connectivity index (χ0n) is 16.7. The summed E-state index contributed by atoms with van der Waals surface area (Å²) in [6.45, 7) is 3.86. The summed E-state index contributed by atoms with van der Waals surface area (Å²) in [5.74, 6) is 0.195. The molecule has 3 aromatic rings. The molecule has 0 bridgehead atoms. The Morgan fingerprint density at radius 2 is 1.80 bits per heavy atom. The lowest BCUT2D eigenvalue weighted by Gasteiger charge is -2.10. The number of hydrogen-bond acceptors (Lipinski definition) is 3. The second-order valence-corrected chi connectivity index (χ2v) is 7.43. The first-order chi connectivity index (χ1) is 14.3. The third-order valence-electron chi connectivity index (χ3n) is 4.64. The third kappa shape index (κ3) is 4.51. The van der Waals surface area contributed by atoms with Crippen LogP contribution in [0.4, 0.5) is 5.69 Å². The fourth-order valence-corrected chi connectivity index (χ4v) is 3.42. The first-order valence-corrected chi connectivity index (χ1v) is 9.81. The quantitative estimate of drug-likeness (QED) is 0.394. The van der Waals surface area contributed by atoms with Gasteiger partial charge in [0.2, 0.25) is 0 Å². The summed E-state index contributed by atoms with van der Waals surface area (Å²) >= 11 is 12.2. The van der Waals surface area contributed by atoms with E-state index >= 15 is 0 Å². The Hall–Kier alpha value is -3.20. The minimum absolute atomic E-state index is 0.000191. The zero-order valence-corrected chi connectivity index (χ0v) is 18.2. The lowest BCUT2D eigenvalue weighted by molar-refractivity contribution is -0.112. The number of methoxy groups -OCH3 is 1. The van der Waals surface area contributed by atoms with Crippen molar-refractivity contribution in [3.8, 4) is 17.5 Å². The Morgan fingerprint density at radius 3 is 2.40 bits per heavy atom. The summed E-state index contributed by atoms with van der Waals surface area (Å²) in [4.78, 5) is 12.6. The highest BCUT2D eigenvalue weighted by Crippen LogP contribution is 2.28. The van der Waals surface area contributed by atoms with Gasteiger partial charge in [-0.15, -0.1) is 0 Å². The van der Waals surface area contributed by atoms with Crippen molar-refractivity contribution in [1.29, 1.82) is 5.26 Å². The van der Waals surface area contributed by atoms with Crippen LogP contribution in [0.15, 0.2) is 54.1 Å². The molecule has 7 heteroatoms. The first kappa shape index (κ1) is 21.5. The maximum Gasteiger partial charge on any atom is 0.266 e. The SMILES string of the molecule is COc1ccc(NC(=O)C(C#N)=Cc2cc(C)n(-c3ccc(Cl)c(Cl)c3)c2C)cc1. The molecule has 3 rings (SSSR count). The smallest absolute Gasteiger partial charge is 0.266 e. The highest BCUT2D eigenvalue weighted by atomic mass is 35.5. The number of carbonyl (C=O) groups is 1. The number of nitriles is 1. The van der Waals surface area contributed by atoms with Crippen LogP contribution >= 0.6 is 23.2 Å². The van der Waals surface area contributed by atoms with Gasteiger partial charge in [0.1, 0.15) is 17.4 Å². The molecule has 0 unspecified atom stereocenters. The van der Waals surface area contributed by atoms with Crippen LogP contribution < -0.4 is 10.1 Å². The van der Waals surface area contributed by atoms with E-state index in [4.69, 9.17) is 27.9 Å². The molecule has 0 fully saturated rings. The highest BCUT2D eigenvalue weighted by molar-refractivity contribution is 6.42. The van der Waals surface area contributed by atoms with Crippen molar-refractivity contribution in [2.24, 2.45) is 0 Å². The van der Waals surface area contributed by atoms with E-state index in [2.05, 4.69) is 5.32 Å². The van der Waals surface area contributed by atoms with Crippen LogP contribution in [-0.2, 0) is 4.79 Å². The summed E-state index contributed by atoms with van der Waals surface area (Å²) in [7, 11) is 1.57. The predicted octanol–water partition coefficient (Wildman–Crippen LogP) is 5.96. The van der Waals surface area contributed by atoms with E-state index in [0.29, 0.717) is 21.5 Å². The molecular weight excluding hydrogens is 421 g/mol. The van der Waals surface area contributed by atoms with Crippen molar-refractivity contribution in [3.05, 3.63) is 81.1 Å². The summed E-state index contributed by atoms with van der Waals surface area (Å²) in [5, 5.41) is 13.2. The number of anilines is 1. The van der Waals surface area contributed by atoms with Gasteiger partial charge in [-0.1, -0.05) is 23.2 Å². The Balaban J connectivity index is 1.91. The van der Waals surface area contributed by atoms with Gasteiger partial charge in [0.15, 0.2) is 0 Å². The molecule has 152 valence electrons. The normalized spacial score (nSPS) is 11.1. The number of rotatable bonds is 5. The van der Waals surface area contributed by atoms with Gasteiger partial charge in [-0.3, -0.25) is 4.79 Å². The van der Waals surface area contributed by atoms with Gasteiger partial charge in [-0.25, -0.2) is 0 Å². The molecule has 1 heterocycles. The van der Waals surface area contributed by atoms with Gasteiger partial charge >= 0.3 is 0 Å². The molecule has 0 aliphatic carbocycles. The van der Waals surface area contributed by atoms with Gasteiger partial charge < -0.3 is 14.6 Å². The number of aryl methyl sites for hydroxylation is 1. The number of halogens is 2. The minimum Gasteiger partial charge on any atom is -0.497 e. The predicted molar refractivity (Wildman–Crippen MR) is 120 cm³/mol. The summed E-state index contributed by atoms with van der Waals surface area (Å²) in [6.07, 6.45) is 1.58. The molecule has 30 heavy (non-hydrogen) atoms. The molecule has 0 radical (unpaired) electrons. The van der Waals surface area contributed by atoms with Crippen LogP contribution in [-0.4, -0.2) is 17.6 Å². The van der Waals surface area contributed by atoms with Gasteiger partial charge in [0.05, 0.1) is 17.2 Å². The summed E-state index contributed by atoms with van der Waals surface area (Å²) in [5.41, 5.74) is 3.99. The van der Waals surface area contributed by atoms with Gasteiger partial charge in [0.25, 0.3) is 5.91 Å². The number of ether oxygens (including phenoxy) is 1. The minimum atomic E-state index is -0.484. The van der Waals surface area contributed by atoms with E-state index in [1.54, 1.807) is 49.6 Å². The molecule has 0 aliphatic heterocycles. The van der Waals surface area contributed by atoms with Crippen molar-refractivity contribution in [3.63, 3.8) is 0 Å². The fraction of sp³-hybridized carbons (Fsp3) is 0.130. The van der Waals surface area contributed by atoms with Gasteiger partial charge in [-0.05, 0) is 74.0 Å². The average molecular weight is 440 g/mol. The number of aromatic nitrogens is 1. The summed E-state index contributed by atoms with van der Waals surface area (Å²) in [6, 6.07) is 16.2. The number of nitrogens with one attached hydrogen (secondary N) is 1. The van der Waals surface area contributed by atoms with Crippen LogP contribution in [0.25, 0.3) is 11.8 Å². The van der Waals surface area contributed by atoms with Crippen molar-refractivity contribution < 1.29 is 9.53 Å². The van der Waals surface area contributed by atoms with Crippen LogP contribution in [0.2, 0.25) is 10.0 Å². The molecule has 5 nitrogen and oxygen atoms in total. The number of carbonyl (C=O) groups excluding carboxylic acids is 1. The number of amides is 1. The molecular formula is C23H19Cl2N3O2. The second-order valence-electron chi connectivity index (χ2n) is 6.61. The highest BCUT2D eigenvalue weighted by Gasteiger charge is 2.14. The third-order valence-corrected chi connectivity index (χ3v) is 5.38. The topological polar surface area (TPSA) is 67.0 Å². The average Bonchev–Trinajstić information content (AvgIpc) is 3.01. The number of benzene rings is 2. The van der Waals surface area contributed by atoms with E-state index in [0.717, 1.165) is 22.6 Å². The van der Waals surface area contributed by atoms with E-state index in [9.17, 15) is 10.1 Å². The molecule has 1 aromatic heterocycles. The maximum atomic E-state index is 12.6. The first-order valence-electron chi connectivity index (χ1n) is 9.05. The molecule has 0 aliphatic rings. The van der Waals surface area contributed by atoms with Crippen molar-refractivity contribution in [2.45, 2.75) is 13.8 Å². The lowest BCUT2D eigenvalue weighted by atomic mass is 10.1. The molecule has 0 atom stereocenters. The van der Waals surface area contributed by atoms with Crippen molar-refractivity contribution >= 4 is 40.9 Å². The Kier molecular flexibility index (Phi) is 6.51. The molecule has 2 aromatic carbocycles. The van der Waals surface area contributed by atoms with Gasteiger partial charge in [0, 0.05) is 22.8 Å². The van der Waals surface area contributed by atoms with Crippen LogP contribution in [0.1, 0.15) is 17.0 Å². The second kappa shape index (κ2) is 9.08. The van der Waals surface area contributed by atoms with Crippen LogP contribution in [0, 0.1) is 25.2 Å². The van der Waals surface area contributed by atoms with E-state index in [1.807, 2.05) is 36.6 Å². The zero-order chi connectivity index (χ0) is 21.8. The molecule has 0 saturated heterocycles. The lowest BCUT2D eigenvalue weighted by Crippen LogP contribution is -2.13. The maximum absolute atomic E-state index is 12.6. The Bertz CT molecular complexity index is 1170. The largest absolute Gasteiger partial charge is 0.497 e. The van der Waals surface area contributed by atoms with Crippen molar-refractivity contribution in [2.75, 3.05) is 12.4 Å². The molecule has 1 amide bonds. The number of hydrogen-bond donors (Lipinski definition) is 1. The summed E-state index contributed by atoms with van der Waals surface area (Å²) < 4.78 is 7.09. The molecule has 0 saturated carbocycles. The van der Waals surface area contributed by atoms with Crippen LogP contribution in [0.3, 0.4) is 0 Å². The fourth-order valence-electron chi connectivity index (χ4n) is 3.13. The Labute approximate surface area is 185 Å².